The third-order valence-electron chi connectivity index (χ3n) is 5.62. The molecule has 142 valence electrons. The predicted octanol–water partition coefficient (Wildman–Crippen LogP) is 2.95. The van der Waals surface area contributed by atoms with E-state index in [0.29, 0.717) is 26.1 Å². The fourth-order valence-corrected chi connectivity index (χ4v) is 5.84. The summed E-state index contributed by atoms with van der Waals surface area (Å²) in [7, 11) is -3.38. The zero-order valence-electron chi connectivity index (χ0n) is 15.5. The largest absolute Gasteiger partial charge is 0.312 e. The van der Waals surface area contributed by atoms with Crippen molar-refractivity contribution in [2.24, 2.45) is 5.41 Å². The second kappa shape index (κ2) is 6.77. The highest BCUT2D eigenvalue weighted by molar-refractivity contribution is 7.88. The summed E-state index contributed by atoms with van der Waals surface area (Å²) in [5.41, 5.74) is 2.54. The van der Waals surface area contributed by atoms with Crippen LogP contribution in [0.2, 0.25) is 0 Å². The van der Waals surface area contributed by atoms with Gasteiger partial charge in [-0.25, -0.2) is 12.7 Å². The Hall–Kier alpha value is -2.18. The highest BCUT2D eigenvalue weighted by atomic mass is 32.2. The molecule has 1 spiro atoms. The van der Waals surface area contributed by atoms with Crippen LogP contribution in [0.1, 0.15) is 24.0 Å². The molecule has 1 atom stereocenters. The number of carbonyl (C=O) groups excluding carboxylic acids is 1. The van der Waals surface area contributed by atoms with E-state index in [1.807, 2.05) is 66.4 Å². The number of amides is 1. The maximum absolute atomic E-state index is 12.8. The zero-order valence-corrected chi connectivity index (χ0v) is 16.3. The van der Waals surface area contributed by atoms with Gasteiger partial charge in [-0.1, -0.05) is 42.5 Å². The summed E-state index contributed by atoms with van der Waals surface area (Å²) in [4.78, 5) is 14.5. The van der Waals surface area contributed by atoms with Gasteiger partial charge in [0.2, 0.25) is 15.9 Å². The first-order valence-electron chi connectivity index (χ1n) is 9.26. The van der Waals surface area contributed by atoms with Crippen molar-refractivity contribution in [1.29, 1.82) is 0 Å². The highest BCUT2D eigenvalue weighted by Crippen LogP contribution is 2.43. The maximum atomic E-state index is 12.8. The molecular formula is C21H24N2O3S. The van der Waals surface area contributed by atoms with Gasteiger partial charge in [-0.2, -0.15) is 0 Å². The second-order valence-corrected chi connectivity index (χ2v) is 9.79. The van der Waals surface area contributed by atoms with Crippen LogP contribution in [0.4, 0.5) is 5.69 Å². The van der Waals surface area contributed by atoms with Gasteiger partial charge in [0.1, 0.15) is 0 Å². The second-order valence-electron chi connectivity index (χ2n) is 7.82. The van der Waals surface area contributed by atoms with Gasteiger partial charge < -0.3 is 4.90 Å². The molecule has 0 aliphatic carbocycles. The molecule has 0 saturated carbocycles. The molecule has 0 N–H and O–H groups in total. The van der Waals surface area contributed by atoms with E-state index in [1.165, 1.54) is 0 Å². The van der Waals surface area contributed by atoms with Gasteiger partial charge in [0, 0.05) is 37.2 Å². The van der Waals surface area contributed by atoms with Crippen LogP contribution < -0.4 is 4.90 Å². The third-order valence-corrected chi connectivity index (χ3v) is 7.42. The van der Waals surface area contributed by atoms with Gasteiger partial charge in [0.15, 0.2) is 0 Å². The summed E-state index contributed by atoms with van der Waals surface area (Å²) in [6.07, 6.45) is 1.15. The first-order valence-corrected chi connectivity index (χ1v) is 10.9. The van der Waals surface area contributed by atoms with Gasteiger partial charge in [-0.15, -0.1) is 0 Å². The SMILES string of the molecule is Cc1cccc(N2CC3(CCN(S(=O)(=O)Cc4ccccc4)C3)CC2=O)c1. The van der Waals surface area contributed by atoms with Gasteiger partial charge in [-0.3, -0.25) is 4.79 Å². The Bertz CT molecular complexity index is 958. The average Bonchev–Trinajstić information content (AvgIpc) is 3.19. The molecule has 4 rings (SSSR count). The number of hydrogen-bond donors (Lipinski definition) is 0. The zero-order chi connectivity index (χ0) is 19.1. The Labute approximate surface area is 160 Å². The van der Waals surface area contributed by atoms with E-state index in [0.717, 1.165) is 23.2 Å². The van der Waals surface area contributed by atoms with Gasteiger partial charge in [-0.05, 0) is 36.6 Å². The Balaban J connectivity index is 1.50. The minimum absolute atomic E-state index is 0.0134. The lowest BCUT2D eigenvalue weighted by Gasteiger charge is -2.24. The summed E-state index contributed by atoms with van der Waals surface area (Å²) in [6.45, 7) is 3.51. The third kappa shape index (κ3) is 3.64. The molecule has 27 heavy (non-hydrogen) atoms. The number of hydrogen-bond acceptors (Lipinski definition) is 3. The van der Waals surface area contributed by atoms with E-state index in [1.54, 1.807) is 4.31 Å². The number of benzene rings is 2. The molecule has 2 aromatic carbocycles. The summed E-state index contributed by atoms with van der Waals surface area (Å²) in [5, 5.41) is 0. The van der Waals surface area contributed by atoms with E-state index in [2.05, 4.69) is 0 Å². The molecular weight excluding hydrogens is 360 g/mol. The van der Waals surface area contributed by atoms with Crippen LogP contribution in [0.5, 0.6) is 0 Å². The van der Waals surface area contributed by atoms with Crippen molar-refractivity contribution in [3.8, 4) is 0 Å². The molecule has 0 radical (unpaired) electrons. The topological polar surface area (TPSA) is 57.7 Å². The molecule has 2 aromatic rings. The van der Waals surface area contributed by atoms with Crippen molar-refractivity contribution in [2.45, 2.75) is 25.5 Å². The number of carbonyl (C=O) groups is 1. The molecule has 2 fully saturated rings. The smallest absolute Gasteiger partial charge is 0.227 e. The van der Waals surface area contributed by atoms with Gasteiger partial charge in [0.25, 0.3) is 0 Å². The molecule has 0 aromatic heterocycles. The molecule has 0 bridgehead atoms. The molecule has 5 nitrogen and oxygen atoms in total. The first kappa shape index (κ1) is 18.2. The molecule has 6 heteroatoms. The molecule has 2 saturated heterocycles. The quantitative estimate of drug-likeness (QED) is 0.814. The first-order chi connectivity index (χ1) is 12.9. The van der Waals surface area contributed by atoms with E-state index in [9.17, 15) is 13.2 Å². The van der Waals surface area contributed by atoms with Gasteiger partial charge in [0.05, 0.1) is 5.75 Å². The highest BCUT2D eigenvalue weighted by Gasteiger charge is 2.50. The number of sulfonamides is 1. The molecule has 2 aliphatic rings. The number of nitrogens with zero attached hydrogens (tertiary/aromatic N) is 2. The Morgan fingerprint density at radius 3 is 2.56 bits per heavy atom. The van der Waals surface area contributed by atoms with Crippen LogP contribution in [0.25, 0.3) is 0 Å². The lowest BCUT2D eigenvalue weighted by molar-refractivity contribution is -0.117. The normalized spacial score (nSPS) is 23.4. The van der Waals surface area contributed by atoms with Crippen molar-refractivity contribution in [3.05, 3.63) is 65.7 Å². The lowest BCUT2D eigenvalue weighted by Crippen LogP contribution is -2.34. The van der Waals surface area contributed by atoms with E-state index in [-0.39, 0.29) is 17.1 Å². The monoisotopic (exact) mass is 384 g/mol. The van der Waals surface area contributed by atoms with E-state index < -0.39 is 10.0 Å². The van der Waals surface area contributed by atoms with Crippen LogP contribution in [0, 0.1) is 12.3 Å². The fraction of sp³-hybridized carbons (Fsp3) is 0.381. The van der Waals surface area contributed by atoms with E-state index >= 15 is 0 Å². The van der Waals surface area contributed by atoms with E-state index in [4.69, 9.17) is 0 Å². The fourth-order valence-electron chi connectivity index (χ4n) is 4.21. The van der Waals surface area contributed by atoms with Crippen LogP contribution in [-0.2, 0) is 20.6 Å². The summed E-state index contributed by atoms with van der Waals surface area (Å²) in [6, 6.07) is 17.2. The minimum atomic E-state index is -3.38. The van der Waals surface area contributed by atoms with Crippen LogP contribution in [0.15, 0.2) is 54.6 Å². The summed E-state index contributed by atoms with van der Waals surface area (Å²) < 4.78 is 27.3. The Kier molecular flexibility index (Phi) is 4.56. The van der Waals surface area contributed by atoms with Crippen LogP contribution in [0.3, 0.4) is 0 Å². The van der Waals surface area contributed by atoms with Crippen LogP contribution in [-0.4, -0.2) is 38.3 Å². The number of rotatable bonds is 4. The summed E-state index contributed by atoms with van der Waals surface area (Å²) >= 11 is 0. The van der Waals surface area contributed by atoms with Crippen molar-refractivity contribution in [1.82, 2.24) is 4.31 Å². The lowest BCUT2D eigenvalue weighted by atomic mass is 9.86. The van der Waals surface area contributed by atoms with Crippen molar-refractivity contribution in [3.63, 3.8) is 0 Å². The average molecular weight is 385 g/mol. The number of aryl methyl sites for hydroxylation is 1. The van der Waals surface area contributed by atoms with Crippen molar-refractivity contribution < 1.29 is 13.2 Å². The molecule has 2 heterocycles. The van der Waals surface area contributed by atoms with Crippen LogP contribution >= 0.6 is 0 Å². The maximum Gasteiger partial charge on any atom is 0.227 e. The number of anilines is 1. The minimum Gasteiger partial charge on any atom is -0.312 e. The molecule has 1 unspecified atom stereocenters. The molecule has 2 aliphatic heterocycles. The Morgan fingerprint density at radius 2 is 1.81 bits per heavy atom. The standard InChI is InChI=1S/C21H24N2O3S/c1-17-6-5-9-19(12-17)23-16-21(13-20(23)24)10-11-22(15-21)27(25,26)14-18-7-3-2-4-8-18/h2-9,12H,10-11,13-16H2,1H3. The predicted molar refractivity (Wildman–Crippen MR) is 106 cm³/mol. The van der Waals surface area contributed by atoms with Crippen molar-refractivity contribution in [2.75, 3.05) is 24.5 Å². The Morgan fingerprint density at radius 1 is 1.04 bits per heavy atom. The van der Waals surface area contributed by atoms with Gasteiger partial charge >= 0.3 is 0 Å². The summed E-state index contributed by atoms with van der Waals surface area (Å²) in [5.74, 6) is 0.0994. The molecule has 1 amide bonds. The van der Waals surface area contributed by atoms with Crippen molar-refractivity contribution >= 4 is 21.6 Å².